The third kappa shape index (κ3) is 3.60. The Kier molecular flexibility index (Phi) is 4.41. The molecule has 3 nitrogen and oxygen atoms in total. The fraction of sp³-hybridized carbons (Fsp3) is 0.235. The van der Waals surface area contributed by atoms with Gasteiger partial charge in [0.05, 0.1) is 0 Å². The zero-order valence-electron chi connectivity index (χ0n) is 11.8. The van der Waals surface area contributed by atoms with Crippen molar-refractivity contribution >= 4 is 5.91 Å². The van der Waals surface area contributed by atoms with Gasteiger partial charge in [0.1, 0.15) is 12.4 Å². The highest BCUT2D eigenvalue weighted by Crippen LogP contribution is 2.17. The summed E-state index contributed by atoms with van der Waals surface area (Å²) in [5.41, 5.74) is 8.10. The predicted molar refractivity (Wildman–Crippen MR) is 79.8 cm³/mol. The van der Waals surface area contributed by atoms with Crippen LogP contribution in [0.25, 0.3) is 0 Å². The van der Waals surface area contributed by atoms with Crippen LogP contribution in [-0.4, -0.2) is 5.91 Å². The van der Waals surface area contributed by atoms with E-state index in [0.717, 1.165) is 5.56 Å². The van der Waals surface area contributed by atoms with Crippen molar-refractivity contribution in [2.24, 2.45) is 5.73 Å². The summed E-state index contributed by atoms with van der Waals surface area (Å²) in [4.78, 5) is 11.1. The molecule has 0 bridgehead atoms. The van der Waals surface area contributed by atoms with E-state index in [9.17, 15) is 4.79 Å². The molecule has 0 aliphatic heterocycles. The van der Waals surface area contributed by atoms with E-state index in [0.29, 0.717) is 23.8 Å². The van der Waals surface area contributed by atoms with Gasteiger partial charge in [0.25, 0.3) is 0 Å². The van der Waals surface area contributed by atoms with Crippen LogP contribution in [0.1, 0.15) is 41.3 Å². The number of benzene rings is 2. The Balaban J connectivity index is 2.01. The molecule has 0 unspecified atom stereocenters. The third-order valence-electron chi connectivity index (χ3n) is 3.17. The van der Waals surface area contributed by atoms with Crippen molar-refractivity contribution in [1.29, 1.82) is 0 Å². The maximum absolute atomic E-state index is 11.1. The summed E-state index contributed by atoms with van der Waals surface area (Å²) >= 11 is 0. The van der Waals surface area contributed by atoms with Crippen molar-refractivity contribution in [1.82, 2.24) is 0 Å². The van der Waals surface area contributed by atoms with Crippen molar-refractivity contribution in [3.63, 3.8) is 0 Å². The Morgan fingerprint density at radius 2 is 1.85 bits per heavy atom. The molecule has 104 valence electrons. The highest BCUT2D eigenvalue weighted by Gasteiger charge is 2.03. The SMILES string of the molecule is CC(C)c1ccc(COc2cccc(C(N)=O)c2)cc1. The van der Waals surface area contributed by atoms with Crippen molar-refractivity contribution < 1.29 is 9.53 Å². The number of carbonyl (C=O) groups excluding carboxylic acids is 1. The lowest BCUT2D eigenvalue weighted by Gasteiger charge is -2.09. The lowest BCUT2D eigenvalue weighted by Crippen LogP contribution is -2.10. The minimum atomic E-state index is -0.447. The van der Waals surface area contributed by atoms with E-state index in [2.05, 4.69) is 38.1 Å². The average Bonchev–Trinajstić information content (AvgIpc) is 2.46. The molecule has 2 rings (SSSR count). The first kappa shape index (κ1) is 14.1. The van der Waals surface area contributed by atoms with Gasteiger partial charge < -0.3 is 10.5 Å². The number of ether oxygens (including phenoxy) is 1. The maximum Gasteiger partial charge on any atom is 0.248 e. The van der Waals surface area contributed by atoms with Crippen LogP contribution in [0.5, 0.6) is 5.75 Å². The van der Waals surface area contributed by atoms with Crippen LogP contribution in [0.15, 0.2) is 48.5 Å². The van der Waals surface area contributed by atoms with Crippen LogP contribution >= 0.6 is 0 Å². The molecule has 20 heavy (non-hydrogen) atoms. The van der Waals surface area contributed by atoms with Gasteiger partial charge in [0.15, 0.2) is 0 Å². The molecule has 2 aromatic rings. The topological polar surface area (TPSA) is 52.3 Å². The monoisotopic (exact) mass is 269 g/mol. The summed E-state index contributed by atoms with van der Waals surface area (Å²) in [6.45, 7) is 4.81. The summed E-state index contributed by atoms with van der Waals surface area (Å²) in [6, 6.07) is 15.3. The van der Waals surface area contributed by atoms with Crippen molar-refractivity contribution in [2.45, 2.75) is 26.4 Å². The summed E-state index contributed by atoms with van der Waals surface area (Å²) < 4.78 is 5.68. The van der Waals surface area contributed by atoms with Gasteiger partial charge in [0.2, 0.25) is 5.91 Å². The molecule has 0 heterocycles. The van der Waals surface area contributed by atoms with Gasteiger partial charge in [-0.25, -0.2) is 0 Å². The number of hydrogen-bond acceptors (Lipinski definition) is 2. The number of carbonyl (C=O) groups is 1. The predicted octanol–water partition coefficient (Wildman–Crippen LogP) is 3.49. The summed E-state index contributed by atoms with van der Waals surface area (Å²) in [6.07, 6.45) is 0. The second-order valence-electron chi connectivity index (χ2n) is 5.08. The molecule has 0 radical (unpaired) electrons. The standard InChI is InChI=1S/C17H19NO2/c1-12(2)14-8-6-13(7-9-14)11-20-16-5-3-4-15(10-16)17(18)19/h3-10,12H,11H2,1-2H3,(H2,18,19). The van der Waals surface area contributed by atoms with E-state index in [1.807, 2.05) is 6.07 Å². The molecule has 0 aliphatic carbocycles. The van der Waals surface area contributed by atoms with E-state index in [4.69, 9.17) is 10.5 Å². The molecule has 0 spiro atoms. The number of rotatable bonds is 5. The Hall–Kier alpha value is -2.29. The van der Waals surface area contributed by atoms with Gasteiger partial charge in [-0.05, 0) is 35.2 Å². The largest absolute Gasteiger partial charge is 0.489 e. The summed E-state index contributed by atoms with van der Waals surface area (Å²) in [5, 5.41) is 0. The normalized spacial score (nSPS) is 10.6. The highest BCUT2D eigenvalue weighted by atomic mass is 16.5. The van der Waals surface area contributed by atoms with E-state index < -0.39 is 5.91 Å². The number of amides is 1. The van der Waals surface area contributed by atoms with E-state index in [-0.39, 0.29) is 0 Å². The third-order valence-corrected chi connectivity index (χ3v) is 3.17. The Morgan fingerprint density at radius 1 is 1.15 bits per heavy atom. The van der Waals surface area contributed by atoms with Gasteiger partial charge >= 0.3 is 0 Å². The minimum absolute atomic E-state index is 0.447. The maximum atomic E-state index is 11.1. The van der Waals surface area contributed by atoms with Gasteiger partial charge in [-0.2, -0.15) is 0 Å². The van der Waals surface area contributed by atoms with Crippen LogP contribution in [0, 0.1) is 0 Å². The quantitative estimate of drug-likeness (QED) is 0.903. The average molecular weight is 269 g/mol. The van der Waals surface area contributed by atoms with E-state index >= 15 is 0 Å². The Morgan fingerprint density at radius 3 is 2.45 bits per heavy atom. The van der Waals surface area contributed by atoms with E-state index in [1.54, 1.807) is 18.2 Å². The fourth-order valence-electron chi connectivity index (χ4n) is 1.90. The molecular formula is C17H19NO2. The molecule has 0 fully saturated rings. The molecule has 2 aromatic carbocycles. The van der Waals surface area contributed by atoms with Crippen LogP contribution in [0.3, 0.4) is 0 Å². The zero-order chi connectivity index (χ0) is 14.5. The van der Waals surface area contributed by atoms with Gasteiger partial charge in [-0.15, -0.1) is 0 Å². The zero-order valence-corrected chi connectivity index (χ0v) is 11.8. The van der Waals surface area contributed by atoms with Crippen molar-refractivity contribution in [2.75, 3.05) is 0 Å². The van der Waals surface area contributed by atoms with E-state index in [1.165, 1.54) is 5.56 Å². The second kappa shape index (κ2) is 6.24. The molecule has 0 atom stereocenters. The van der Waals surface area contributed by atoms with Crippen LogP contribution in [-0.2, 0) is 6.61 Å². The van der Waals surface area contributed by atoms with Crippen LogP contribution < -0.4 is 10.5 Å². The van der Waals surface area contributed by atoms with Crippen LogP contribution in [0.2, 0.25) is 0 Å². The van der Waals surface area contributed by atoms with Crippen molar-refractivity contribution in [3.8, 4) is 5.75 Å². The van der Waals surface area contributed by atoms with Crippen LogP contribution in [0.4, 0.5) is 0 Å². The number of hydrogen-bond donors (Lipinski definition) is 1. The molecule has 0 saturated heterocycles. The summed E-state index contributed by atoms with van der Waals surface area (Å²) in [7, 11) is 0. The molecule has 2 N–H and O–H groups in total. The lowest BCUT2D eigenvalue weighted by atomic mass is 10.0. The second-order valence-corrected chi connectivity index (χ2v) is 5.08. The first-order chi connectivity index (χ1) is 9.56. The molecule has 0 aliphatic rings. The molecule has 0 aromatic heterocycles. The molecule has 1 amide bonds. The van der Waals surface area contributed by atoms with Gasteiger partial charge in [0, 0.05) is 5.56 Å². The first-order valence-corrected chi connectivity index (χ1v) is 6.68. The summed E-state index contributed by atoms with van der Waals surface area (Å²) in [5.74, 6) is 0.725. The minimum Gasteiger partial charge on any atom is -0.489 e. The number of nitrogens with two attached hydrogens (primary N) is 1. The smallest absolute Gasteiger partial charge is 0.248 e. The number of primary amides is 1. The van der Waals surface area contributed by atoms with Gasteiger partial charge in [-0.1, -0.05) is 44.2 Å². The fourth-order valence-corrected chi connectivity index (χ4v) is 1.90. The molecular weight excluding hydrogens is 250 g/mol. The molecule has 0 saturated carbocycles. The Bertz CT molecular complexity index is 588. The first-order valence-electron chi connectivity index (χ1n) is 6.68. The van der Waals surface area contributed by atoms with Crippen molar-refractivity contribution in [3.05, 3.63) is 65.2 Å². The van der Waals surface area contributed by atoms with Gasteiger partial charge in [-0.3, -0.25) is 4.79 Å². The molecule has 3 heteroatoms. The highest BCUT2D eigenvalue weighted by molar-refractivity contribution is 5.93. The Labute approximate surface area is 119 Å². The lowest BCUT2D eigenvalue weighted by molar-refractivity contribution is 0.1000.